The topological polar surface area (TPSA) is 127 Å². The summed E-state index contributed by atoms with van der Waals surface area (Å²) in [7, 11) is -6.31. The molecule has 252 valence electrons. The first-order chi connectivity index (χ1) is 21.9. The predicted molar refractivity (Wildman–Crippen MR) is 181 cm³/mol. The Morgan fingerprint density at radius 1 is 0.783 bits per heavy atom. The fourth-order valence-electron chi connectivity index (χ4n) is 7.87. The van der Waals surface area contributed by atoms with Crippen LogP contribution in [0.15, 0.2) is 30.3 Å². The highest BCUT2D eigenvalue weighted by atomic mass is 32.2. The van der Waals surface area contributed by atoms with E-state index in [4.69, 9.17) is 0 Å². The molecule has 0 aromatic heterocycles. The Hall–Kier alpha value is -2.58. The molecule has 2 aromatic rings. The van der Waals surface area contributed by atoms with Crippen molar-refractivity contribution in [2.45, 2.75) is 63.8 Å². The number of anilines is 2. The molecule has 2 amide bonds. The number of hydrogen-bond acceptors (Lipinski definition) is 7. The van der Waals surface area contributed by atoms with E-state index in [-0.39, 0.29) is 17.9 Å². The molecule has 1 N–H and O–H groups in total. The molecule has 0 bridgehead atoms. The molecule has 0 saturated carbocycles. The van der Waals surface area contributed by atoms with E-state index in [1.807, 2.05) is 35.2 Å². The van der Waals surface area contributed by atoms with Crippen LogP contribution in [0, 0.1) is 11.8 Å². The number of piperidine rings is 3. The van der Waals surface area contributed by atoms with Gasteiger partial charge in [-0.05, 0) is 94.5 Å². The fourth-order valence-corrected chi connectivity index (χ4v) is 9.62. The normalized spacial score (nSPS) is 23.0. The molecule has 4 heterocycles. The smallest absolute Gasteiger partial charge is 0.258 e. The number of carbonyl (C=O) groups is 2. The van der Waals surface area contributed by atoms with Crippen molar-refractivity contribution in [1.29, 1.82) is 0 Å². The molecule has 1 unspecified atom stereocenters. The Bertz CT molecular complexity index is 1680. The molecule has 2 aromatic carbocycles. The largest absolute Gasteiger partial charge is 0.324 e. The average Bonchev–Trinajstić information content (AvgIpc) is 3.31. The van der Waals surface area contributed by atoms with Gasteiger partial charge < -0.3 is 10.2 Å². The van der Waals surface area contributed by atoms with Crippen LogP contribution in [0.3, 0.4) is 0 Å². The molecule has 13 heteroatoms. The van der Waals surface area contributed by atoms with Crippen molar-refractivity contribution in [3.63, 3.8) is 0 Å². The Morgan fingerprint density at radius 2 is 1.39 bits per heavy atom. The third-order valence-electron chi connectivity index (χ3n) is 10.6. The maximum Gasteiger partial charge on any atom is 0.258 e. The van der Waals surface area contributed by atoms with Crippen LogP contribution in [0.25, 0.3) is 10.8 Å². The van der Waals surface area contributed by atoms with Gasteiger partial charge in [-0.25, -0.2) is 25.4 Å². The Labute approximate surface area is 273 Å². The maximum atomic E-state index is 13.8. The second-order valence-electron chi connectivity index (χ2n) is 13.6. The zero-order valence-corrected chi connectivity index (χ0v) is 28.6. The predicted octanol–water partition coefficient (Wildman–Crippen LogP) is 3.72. The first-order valence-electron chi connectivity index (χ1n) is 16.7. The van der Waals surface area contributed by atoms with Crippen molar-refractivity contribution in [2.75, 3.05) is 68.5 Å². The minimum absolute atomic E-state index is 0.0195. The zero-order chi connectivity index (χ0) is 32.6. The Morgan fingerprint density at radius 3 is 2.00 bits per heavy atom. The number of nitrogens with zero attached hydrogens (tertiary/aromatic N) is 4. The van der Waals surface area contributed by atoms with Gasteiger partial charge in [-0.1, -0.05) is 18.6 Å². The van der Waals surface area contributed by atoms with Gasteiger partial charge in [0.2, 0.25) is 26.0 Å². The van der Waals surface area contributed by atoms with Gasteiger partial charge in [-0.15, -0.1) is 0 Å². The van der Waals surface area contributed by atoms with E-state index in [0.29, 0.717) is 55.8 Å². The lowest BCUT2D eigenvalue weighted by atomic mass is 9.93. The van der Waals surface area contributed by atoms with E-state index in [2.05, 4.69) is 10.2 Å². The van der Waals surface area contributed by atoms with E-state index in [1.54, 1.807) is 4.31 Å². The van der Waals surface area contributed by atoms with Crippen molar-refractivity contribution in [3.05, 3.63) is 35.9 Å². The number of likely N-dealkylation sites (tertiary alicyclic amines) is 1. The van der Waals surface area contributed by atoms with E-state index < -0.39 is 20.0 Å². The van der Waals surface area contributed by atoms with Crippen molar-refractivity contribution in [3.8, 4) is 0 Å². The molecule has 3 saturated heterocycles. The van der Waals surface area contributed by atoms with Crippen molar-refractivity contribution >= 4 is 54.0 Å². The summed E-state index contributed by atoms with van der Waals surface area (Å²) in [6.45, 7) is 4.47. The molecule has 0 spiro atoms. The van der Waals surface area contributed by atoms with Crippen LogP contribution in [0.2, 0.25) is 0 Å². The number of sulfonamides is 2. The van der Waals surface area contributed by atoms with Gasteiger partial charge in [0, 0.05) is 54.7 Å². The summed E-state index contributed by atoms with van der Waals surface area (Å²) in [4.78, 5) is 31.4. The summed E-state index contributed by atoms with van der Waals surface area (Å²) in [5.74, 6) is 0.774. The van der Waals surface area contributed by atoms with Crippen LogP contribution < -0.4 is 10.2 Å². The second kappa shape index (κ2) is 13.5. The number of carbonyl (C=O) groups excluding carboxylic acids is 2. The Kier molecular flexibility index (Phi) is 9.78. The first-order valence-corrected chi connectivity index (χ1v) is 20.4. The van der Waals surface area contributed by atoms with E-state index in [0.717, 1.165) is 87.3 Å². The molecule has 4 aliphatic heterocycles. The van der Waals surface area contributed by atoms with Crippen LogP contribution in [0.1, 0.15) is 68.1 Å². The number of benzene rings is 2. The molecule has 3 fully saturated rings. The summed E-state index contributed by atoms with van der Waals surface area (Å²) >= 11 is 0. The molecule has 4 aliphatic rings. The lowest BCUT2D eigenvalue weighted by Crippen LogP contribution is -2.48. The number of amides is 2. The van der Waals surface area contributed by atoms with E-state index in [9.17, 15) is 26.4 Å². The summed E-state index contributed by atoms with van der Waals surface area (Å²) in [6, 6.07) is 9.34. The second-order valence-corrected chi connectivity index (χ2v) is 17.6. The van der Waals surface area contributed by atoms with Crippen molar-refractivity contribution < 1.29 is 26.4 Å². The van der Waals surface area contributed by atoms with Crippen molar-refractivity contribution in [1.82, 2.24) is 13.5 Å². The van der Waals surface area contributed by atoms with Gasteiger partial charge >= 0.3 is 0 Å². The summed E-state index contributed by atoms with van der Waals surface area (Å²) in [5, 5.41) is 4.95. The molecule has 0 radical (unpaired) electrons. The van der Waals surface area contributed by atoms with Gasteiger partial charge in [0.15, 0.2) is 0 Å². The van der Waals surface area contributed by atoms with Crippen LogP contribution in [-0.2, 0) is 24.8 Å². The zero-order valence-electron chi connectivity index (χ0n) is 27.0. The van der Waals surface area contributed by atoms with Gasteiger partial charge in [-0.3, -0.25) is 14.5 Å². The molecule has 46 heavy (non-hydrogen) atoms. The monoisotopic (exact) mass is 673 g/mol. The molecule has 6 rings (SSSR count). The third-order valence-corrected chi connectivity index (χ3v) is 13.2. The standard InChI is InChI=1S/C33H47N5O6S2/c1-45(41,42)36-19-12-24(13-20-36)11-18-35-17-4-3-8-30(35)32(39)34-28-9-10-29-31-26(28)6-5-7-27(31)33(40)38(29)23-16-25-14-21-37(22-15-25)46(2,43)44/h5-7,9-10,24-25,30H,3-4,8,11-23H2,1-2H3,(H,34,39). The lowest BCUT2D eigenvalue weighted by Gasteiger charge is -2.37. The summed E-state index contributed by atoms with van der Waals surface area (Å²) in [6.07, 6.45) is 10.5. The average molecular weight is 674 g/mol. The summed E-state index contributed by atoms with van der Waals surface area (Å²) < 4.78 is 50.6. The molecule has 0 aliphatic carbocycles. The molecule has 11 nitrogen and oxygen atoms in total. The van der Waals surface area contributed by atoms with Crippen molar-refractivity contribution in [2.24, 2.45) is 11.8 Å². The van der Waals surface area contributed by atoms with E-state index >= 15 is 0 Å². The number of rotatable bonds is 10. The number of hydrogen-bond donors (Lipinski definition) is 1. The van der Waals surface area contributed by atoms with Crippen LogP contribution in [0.4, 0.5) is 11.4 Å². The number of nitrogens with one attached hydrogen (secondary N) is 1. The maximum absolute atomic E-state index is 13.8. The summed E-state index contributed by atoms with van der Waals surface area (Å²) in [5.41, 5.74) is 2.23. The van der Waals surface area contributed by atoms with Crippen LogP contribution in [-0.4, -0.2) is 107 Å². The highest BCUT2D eigenvalue weighted by Crippen LogP contribution is 2.41. The minimum Gasteiger partial charge on any atom is -0.324 e. The molecule has 1 atom stereocenters. The minimum atomic E-state index is -3.17. The SMILES string of the molecule is CS(=O)(=O)N1CCC(CCN2C(=O)c3cccc4c(NC(=O)C5CCCCN5CCC5CCN(S(C)(=O)=O)CC5)ccc2c34)CC1. The van der Waals surface area contributed by atoms with Gasteiger partial charge in [-0.2, -0.15) is 0 Å². The van der Waals surface area contributed by atoms with Gasteiger partial charge in [0.1, 0.15) is 0 Å². The van der Waals surface area contributed by atoms with Gasteiger partial charge in [0.25, 0.3) is 5.91 Å². The van der Waals surface area contributed by atoms with Crippen LogP contribution >= 0.6 is 0 Å². The molecular formula is C33H47N5O6S2. The van der Waals surface area contributed by atoms with Crippen LogP contribution in [0.5, 0.6) is 0 Å². The highest BCUT2D eigenvalue weighted by molar-refractivity contribution is 7.88. The molecular weight excluding hydrogens is 627 g/mol. The lowest BCUT2D eigenvalue weighted by molar-refractivity contribution is -0.122. The van der Waals surface area contributed by atoms with Gasteiger partial charge in [0.05, 0.1) is 24.2 Å². The third kappa shape index (κ3) is 7.13. The highest BCUT2D eigenvalue weighted by Gasteiger charge is 2.34. The first kappa shape index (κ1) is 33.3. The quantitative estimate of drug-likeness (QED) is 0.408. The van der Waals surface area contributed by atoms with E-state index in [1.165, 1.54) is 16.8 Å². The Balaban J connectivity index is 1.09. The fraction of sp³-hybridized carbons (Fsp3) is 0.636.